The zero-order valence-corrected chi connectivity index (χ0v) is 21.1. The quantitative estimate of drug-likeness (QED) is 0.133. The molecule has 13 nitrogen and oxygen atoms in total. The van der Waals surface area contributed by atoms with E-state index in [2.05, 4.69) is 31.5 Å². The van der Waals surface area contributed by atoms with E-state index in [9.17, 15) is 19.2 Å². The predicted octanol–water partition coefficient (Wildman–Crippen LogP) is -3.87. The molecule has 0 aliphatic carbocycles. The second-order valence-corrected chi connectivity index (χ2v) is 8.50. The van der Waals surface area contributed by atoms with Crippen LogP contribution in [0.15, 0.2) is 0 Å². The summed E-state index contributed by atoms with van der Waals surface area (Å²) in [6.07, 6.45) is 1.10. The fourth-order valence-electron chi connectivity index (χ4n) is 3.60. The Kier molecular flexibility index (Phi) is 16.6. The van der Waals surface area contributed by atoms with Crippen LogP contribution in [0.2, 0.25) is 0 Å². The Morgan fingerprint density at radius 3 is 2.11 bits per heavy atom. The molecule has 0 aromatic heterocycles. The predicted molar refractivity (Wildman–Crippen MR) is 134 cm³/mol. The number of hydrogen-bond donors (Lipinski definition) is 7. The Bertz CT molecular complexity index is 638. The Morgan fingerprint density at radius 1 is 0.971 bits per heavy atom. The maximum absolute atomic E-state index is 12.5. The molecular formula is C22H45N9O4. The zero-order chi connectivity index (χ0) is 25.9. The summed E-state index contributed by atoms with van der Waals surface area (Å²) in [5, 5.41) is 15.5. The van der Waals surface area contributed by atoms with Gasteiger partial charge in [0.15, 0.2) is 0 Å². The molecule has 202 valence electrons. The van der Waals surface area contributed by atoms with E-state index in [0.717, 1.165) is 52.4 Å². The van der Waals surface area contributed by atoms with Crippen molar-refractivity contribution in [2.45, 2.75) is 32.2 Å². The van der Waals surface area contributed by atoms with Crippen molar-refractivity contribution in [1.82, 2.24) is 36.4 Å². The van der Waals surface area contributed by atoms with Crippen LogP contribution in [0, 0.1) is 0 Å². The molecule has 4 amide bonds. The standard InChI is InChI=1S/C22H45N9O4/c1-2-21(34)31(17-20(33)29-18(22(24)35)4-3-5-23)15-12-28-19(32)16-30-13-10-26-8-6-25-7-9-27-11-14-30/h18,25-27H,2-17,23H2,1H3,(H2,24,35)(H,28,32)(H,29,33)/t18-/m0/s1. The van der Waals surface area contributed by atoms with Gasteiger partial charge in [-0.2, -0.15) is 0 Å². The van der Waals surface area contributed by atoms with Gasteiger partial charge >= 0.3 is 0 Å². The van der Waals surface area contributed by atoms with Crippen molar-refractivity contribution in [1.29, 1.82) is 0 Å². The van der Waals surface area contributed by atoms with E-state index in [0.29, 0.717) is 19.4 Å². The molecule has 0 unspecified atom stereocenters. The number of rotatable bonds is 13. The molecule has 0 aromatic rings. The van der Waals surface area contributed by atoms with Crippen LogP contribution in [0.4, 0.5) is 0 Å². The molecule has 9 N–H and O–H groups in total. The lowest BCUT2D eigenvalue weighted by Gasteiger charge is -2.25. The van der Waals surface area contributed by atoms with Crippen molar-refractivity contribution in [3.63, 3.8) is 0 Å². The molecule has 1 fully saturated rings. The van der Waals surface area contributed by atoms with Gasteiger partial charge in [0.05, 0.1) is 13.1 Å². The molecule has 1 rings (SSSR count). The molecule has 0 spiro atoms. The lowest BCUT2D eigenvalue weighted by atomic mass is 10.1. The van der Waals surface area contributed by atoms with Crippen LogP contribution in [0.3, 0.4) is 0 Å². The Hall–Kier alpha value is -2.32. The number of nitrogens with two attached hydrogens (primary N) is 2. The van der Waals surface area contributed by atoms with Gasteiger partial charge < -0.3 is 43.0 Å². The van der Waals surface area contributed by atoms with E-state index >= 15 is 0 Å². The minimum atomic E-state index is -0.829. The number of carbonyl (C=O) groups is 4. The summed E-state index contributed by atoms with van der Waals surface area (Å²) in [5.41, 5.74) is 10.8. The second-order valence-electron chi connectivity index (χ2n) is 8.50. The summed E-state index contributed by atoms with van der Waals surface area (Å²) in [4.78, 5) is 52.2. The van der Waals surface area contributed by atoms with Crippen LogP contribution in [0.25, 0.3) is 0 Å². The third-order valence-corrected chi connectivity index (χ3v) is 5.60. The van der Waals surface area contributed by atoms with Crippen LogP contribution < -0.4 is 38.1 Å². The first-order chi connectivity index (χ1) is 16.9. The van der Waals surface area contributed by atoms with Crippen molar-refractivity contribution >= 4 is 23.6 Å². The van der Waals surface area contributed by atoms with Gasteiger partial charge in [-0.25, -0.2) is 0 Å². The fraction of sp³-hybridized carbons (Fsp3) is 0.818. The highest BCUT2D eigenvalue weighted by Gasteiger charge is 2.21. The maximum atomic E-state index is 12.5. The number of carbonyl (C=O) groups excluding carboxylic acids is 4. The summed E-state index contributed by atoms with van der Waals surface area (Å²) in [7, 11) is 0. The Balaban J connectivity index is 2.49. The molecule has 1 aliphatic rings. The maximum Gasteiger partial charge on any atom is 0.240 e. The molecule has 0 aromatic carbocycles. The van der Waals surface area contributed by atoms with Gasteiger partial charge in [0, 0.05) is 71.9 Å². The molecule has 13 heteroatoms. The minimum absolute atomic E-state index is 0.136. The third kappa shape index (κ3) is 14.6. The van der Waals surface area contributed by atoms with E-state index in [1.54, 1.807) is 6.92 Å². The van der Waals surface area contributed by atoms with E-state index in [-0.39, 0.29) is 44.4 Å². The van der Waals surface area contributed by atoms with Gasteiger partial charge in [0.2, 0.25) is 23.6 Å². The van der Waals surface area contributed by atoms with Gasteiger partial charge in [-0.15, -0.1) is 0 Å². The van der Waals surface area contributed by atoms with Crippen LogP contribution in [0.5, 0.6) is 0 Å². The first-order valence-electron chi connectivity index (χ1n) is 12.5. The van der Waals surface area contributed by atoms with E-state index in [1.165, 1.54) is 4.90 Å². The van der Waals surface area contributed by atoms with Crippen LogP contribution in [0.1, 0.15) is 26.2 Å². The molecule has 35 heavy (non-hydrogen) atoms. The molecule has 1 aliphatic heterocycles. The highest BCUT2D eigenvalue weighted by atomic mass is 16.2. The van der Waals surface area contributed by atoms with Crippen LogP contribution in [-0.4, -0.2) is 125 Å². The second kappa shape index (κ2) is 18.9. The van der Waals surface area contributed by atoms with Crippen molar-refractivity contribution < 1.29 is 19.2 Å². The van der Waals surface area contributed by atoms with Crippen LogP contribution in [-0.2, 0) is 19.2 Å². The lowest BCUT2D eigenvalue weighted by Crippen LogP contribution is -2.50. The molecule has 0 bridgehead atoms. The van der Waals surface area contributed by atoms with Gasteiger partial charge in [-0.3, -0.25) is 24.1 Å². The minimum Gasteiger partial charge on any atom is -0.368 e. The van der Waals surface area contributed by atoms with Crippen molar-refractivity contribution in [2.24, 2.45) is 11.5 Å². The highest BCUT2D eigenvalue weighted by molar-refractivity contribution is 5.89. The van der Waals surface area contributed by atoms with Gasteiger partial charge in [-0.05, 0) is 19.4 Å². The summed E-state index contributed by atoms with van der Waals surface area (Å²) in [5.74, 6) is -1.48. The molecule has 1 atom stereocenters. The van der Waals surface area contributed by atoms with Gasteiger partial charge in [-0.1, -0.05) is 6.92 Å². The molecule has 0 saturated carbocycles. The summed E-state index contributed by atoms with van der Waals surface area (Å²) < 4.78 is 0. The molecule has 1 saturated heterocycles. The summed E-state index contributed by atoms with van der Waals surface area (Å²) in [6.45, 7) is 9.18. The third-order valence-electron chi connectivity index (χ3n) is 5.60. The molecule has 0 radical (unpaired) electrons. The zero-order valence-electron chi connectivity index (χ0n) is 21.1. The van der Waals surface area contributed by atoms with Gasteiger partial charge in [0.1, 0.15) is 6.04 Å². The first-order valence-corrected chi connectivity index (χ1v) is 12.5. The number of nitrogens with zero attached hydrogens (tertiary/aromatic N) is 2. The normalized spacial score (nSPS) is 16.9. The van der Waals surface area contributed by atoms with E-state index in [4.69, 9.17) is 11.5 Å². The number of nitrogens with one attached hydrogen (secondary N) is 5. The largest absolute Gasteiger partial charge is 0.368 e. The van der Waals surface area contributed by atoms with Crippen molar-refractivity contribution in [3.8, 4) is 0 Å². The number of amides is 4. The van der Waals surface area contributed by atoms with E-state index in [1.807, 2.05) is 0 Å². The average molecular weight is 500 g/mol. The molecule has 1 heterocycles. The Morgan fingerprint density at radius 2 is 1.57 bits per heavy atom. The monoisotopic (exact) mass is 499 g/mol. The summed E-state index contributed by atoms with van der Waals surface area (Å²) >= 11 is 0. The van der Waals surface area contributed by atoms with Crippen molar-refractivity contribution in [2.75, 3.05) is 85.1 Å². The SMILES string of the molecule is CCC(=O)N(CCNC(=O)CN1CCNCCNCCNCC1)CC(=O)N[C@@H](CCCN)C(N)=O. The van der Waals surface area contributed by atoms with Crippen LogP contribution >= 0.6 is 0 Å². The molecular weight excluding hydrogens is 454 g/mol. The Labute approximate surface area is 208 Å². The van der Waals surface area contributed by atoms with Gasteiger partial charge in [0.25, 0.3) is 0 Å². The van der Waals surface area contributed by atoms with E-state index < -0.39 is 17.9 Å². The topological polar surface area (TPSA) is 187 Å². The lowest BCUT2D eigenvalue weighted by molar-refractivity contribution is -0.136. The highest BCUT2D eigenvalue weighted by Crippen LogP contribution is 1.98. The average Bonchev–Trinajstić information content (AvgIpc) is 2.82. The van der Waals surface area contributed by atoms with Crippen molar-refractivity contribution in [3.05, 3.63) is 0 Å². The first kappa shape index (κ1) is 30.7. The number of primary amides is 1. The smallest absolute Gasteiger partial charge is 0.240 e. The number of hydrogen-bond acceptors (Lipinski definition) is 9. The summed E-state index contributed by atoms with van der Waals surface area (Å²) in [6, 6.07) is -0.829. The fourth-order valence-corrected chi connectivity index (χ4v) is 3.60.